The highest BCUT2D eigenvalue weighted by Gasteiger charge is 1.94. The third-order valence-corrected chi connectivity index (χ3v) is 3.81. The molecule has 0 aromatic rings. The Morgan fingerprint density at radius 1 is 0.727 bits per heavy atom. The van der Waals surface area contributed by atoms with Crippen LogP contribution in [0.15, 0.2) is 11.8 Å². The van der Waals surface area contributed by atoms with E-state index in [4.69, 9.17) is 15.3 Å². The Morgan fingerprint density at radius 3 is 1.55 bits per heavy atom. The number of rotatable bonds is 15. The van der Waals surface area contributed by atoms with E-state index >= 15 is 0 Å². The molecule has 0 heterocycles. The number of hydrogen-bond acceptors (Lipinski definition) is 3. The molecule has 3 nitrogen and oxygen atoms in total. The van der Waals surface area contributed by atoms with Gasteiger partial charge in [0.2, 0.25) is 0 Å². The molecule has 0 spiro atoms. The summed E-state index contributed by atoms with van der Waals surface area (Å²) in [6, 6.07) is 3.55. The molecule has 0 aliphatic rings. The molecule has 0 rings (SSSR count). The molecule has 0 N–H and O–H groups in total. The van der Waals surface area contributed by atoms with E-state index < -0.39 is 0 Å². The Balaban J connectivity index is 3.14. The molecule has 0 aromatic heterocycles. The Morgan fingerprint density at radius 2 is 1.14 bits per heavy atom. The van der Waals surface area contributed by atoms with Gasteiger partial charge in [-0.05, 0) is 6.42 Å². The van der Waals surface area contributed by atoms with Gasteiger partial charge in [-0.2, -0.15) is 10.5 Å². The molecule has 0 unspecified atom stereocenters. The minimum Gasteiger partial charge on any atom is -0.499 e. The van der Waals surface area contributed by atoms with Crippen LogP contribution in [-0.2, 0) is 4.74 Å². The van der Waals surface area contributed by atoms with Gasteiger partial charge in [0, 0.05) is 0 Å². The average molecular weight is 304 g/mol. The third-order valence-electron chi connectivity index (χ3n) is 3.81. The van der Waals surface area contributed by atoms with E-state index in [1.807, 2.05) is 0 Å². The van der Waals surface area contributed by atoms with Gasteiger partial charge in [0.15, 0.2) is 5.57 Å². The molecule has 22 heavy (non-hydrogen) atoms. The van der Waals surface area contributed by atoms with Crippen molar-refractivity contribution in [2.45, 2.75) is 90.4 Å². The number of unbranched alkanes of at least 4 members (excludes halogenated alkanes) is 12. The van der Waals surface area contributed by atoms with Gasteiger partial charge in [-0.25, -0.2) is 0 Å². The largest absolute Gasteiger partial charge is 0.499 e. The highest BCUT2D eigenvalue weighted by molar-refractivity contribution is 5.33. The summed E-state index contributed by atoms with van der Waals surface area (Å²) >= 11 is 0. The Kier molecular flexibility index (Phi) is 16.4. The van der Waals surface area contributed by atoms with Crippen molar-refractivity contribution in [2.24, 2.45) is 0 Å². The molecule has 124 valence electrons. The smallest absolute Gasteiger partial charge is 0.163 e. The molecule has 3 heteroatoms. The fourth-order valence-electron chi connectivity index (χ4n) is 2.42. The molecule has 0 aliphatic heterocycles. The second kappa shape index (κ2) is 17.6. The van der Waals surface area contributed by atoms with Crippen LogP contribution in [0, 0.1) is 22.7 Å². The first-order valence-electron chi connectivity index (χ1n) is 8.97. The van der Waals surface area contributed by atoms with E-state index in [2.05, 4.69) is 6.92 Å². The molecule has 0 radical (unpaired) electrons. The summed E-state index contributed by atoms with van der Waals surface area (Å²) in [6.45, 7) is 2.86. The average Bonchev–Trinajstić information content (AvgIpc) is 2.55. The Hall–Kier alpha value is -1.48. The topological polar surface area (TPSA) is 56.8 Å². The lowest BCUT2D eigenvalue weighted by molar-refractivity contribution is 0.239. The molecular formula is C19H32N2O. The first-order valence-corrected chi connectivity index (χ1v) is 8.97. The van der Waals surface area contributed by atoms with Crippen LogP contribution in [0.5, 0.6) is 0 Å². The van der Waals surface area contributed by atoms with Gasteiger partial charge >= 0.3 is 0 Å². The summed E-state index contributed by atoms with van der Waals surface area (Å²) in [5.74, 6) is 0. The molecule has 0 atom stereocenters. The summed E-state index contributed by atoms with van der Waals surface area (Å²) in [7, 11) is 0. The minimum atomic E-state index is 0.0368. The van der Waals surface area contributed by atoms with Gasteiger partial charge in [0.25, 0.3) is 0 Å². The van der Waals surface area contributed by atoms with Crippen LogP contribution >= 0.6 is 0 Å². The fourth-order valence-corrected chi connectivity index (χ4v) is 2.42. The predicted molar refractivity (Wildman–Crippen MR) is 91.0 cm³/mol. The quantitative estimate of drug-likeness (QED) is 0.211. The molecular weight excluding hydrogens is 272 g/mol. The predicted octanol–water partition coefficient (Wildman–Crippen LogP) is 6.03. The van der Waals surface area contributed by atoms with Crippen LogP contribution in [0.3, 0.4) is 0 Å². The third kappa shape index (κ3) is 14.9. The normalized spacial score (nSPS) is 9.77. The van der Waals surface area contributed by atoms with Crippen molar-refractivity contribution in [3.63, 3.8) is 0 Å². The van der Waals surface area contributed by atoms with Gasteiger partial charge in [-0.1, -0.05) is 84.0 Å². The zero-order valence-corrected chi connectivity index (χ0v) is 14.3. The van der Waals surface area contributed by atoms with Crippen LogP contribution in [0.25, 0.3) is 0 Å². The van der Waals surface area contributed by atoms with Crippen LogP contribution < -0.4 is 0 Å². The summed E-state index contributed by atoms with van der Waals surface area (Å²) in [4.78, 5) is 0. The molecule has 0 aromatic carbocycles. The summed E-state index contributed by atoms with van der Waals surface area (Å²) in [6.07, 6.45) is 18.5. The van der Waals surface area contributed by atoms with Gasteiger partial charge in [0.05, 0.1) is 6.61 Å². The number of allylic oxidation sites excluding steroid dienone is 1. The van der Waals surface area contributed by atoms with Crippen molar-refractivity contribution in [1.82, 2.24) is 0 Å². The maximum atomic E-state index is 8.52. The maximum Gasteiger partial charge on any atom is 0.163 e. The van der Waals surface area contributed by atoms with Gasteiger partial charge < -0.3 is 4.74 Å². The van der Waals surface area contributed by atoms with Crippen molar-refractivity contribution in [3.8, 4) is 12.1 Å². The van der Waals surface area contributed by atoms with E-state index in [9.17, 15) is 0 Å². The van der Waals surface area contributed by atoms with Crippen molar-refractivity contribution in [1.29, 1.82) is 10.5 Å². The van der Waals surface area contributed by atoms with Crippen LogP contribution in [0.2, 0.25) is 0 Å². The first-order chi connectivity index (χ1) is 10.8. The van der Waals surface area contributed by atoms with E-state index in [1.165, 1.54) is 83.3 Å². The molecule has 0 aliphatic carbocycles. The zero-order valence-electron chi connectivity index (χ0n) is 14.3. The van der Waals surface area contributed by atoms with Crippen LogP contribution in [0.4, 0.5) is 0 Å². The van der Waals surface area contributed by atoms with Crippen molar-refractivity contribution in [3.05, 3.63) is 11.8 Å². The second-order valence-corrected chi connectivity index (χ2v) is 5.87. The summed E-state index contributed by atoms with van der Waals surface area (Å²) in [5, 5.41) is 17.0. The summed E-state index contributed by atoms with van der Waals surface area (Å²) in [5.41, 5.74) is 0.0368. The van der Waals surface area contributed by atoms with Crippen molar-refractivity contribution < 1.29 is 4.74 Å². The lowest BCUT2D eigenvalue weighted by atomic mass is 10.0. The number of ether oxygens (including phenoxy) is 1. The first kappa shape index (κ1) is 20.5. The molecule has 0 bridgehead atoms. The van der Waals surface area contributed by atoms with Crippen LogP contribution in [0.1, 0.15) is 90.4 Å². The minimum absolute atomic E-state index is 0.0368. The number of nitriles is 2. The molecule has 0 saturated carbocycles. The second-order valence-electron chi connectivity index (χ2n) is 5.87. The monoisotopic (exact) mass is 304 g/mol. The van der Waals surface area contributed by atoms with Gasteiger partial charge in [-0.15, -0.1) is 0 Å². The number of nitrogens with zero attached hydrogens (tertiary/aromatic N) is 2. The summed E-state index contributed by atoms with van der Waals surface area (Å²) < 4.78 is 5.17. The fraction of sp³-hybridized carbons (Fsp3) is 0.789. The van der Waals surface area contributed by atoms with E-state index in [0.29, 0.717) is 6.61 Å². The molecule has 0 fully saturated rings. The standard InChI is InChI=1S/C19H32N2O/c1-2-3-4-5-6-7-8-9-10-11-12-13-14-15-22-18-19(16-20)17-21/h18H,2-15H2,1H3. The zero-order chi connectivity index (χ0) is 16.3. The Bertz CT molecular complexity index is 333. The van der Waals surface area contributed by atoms with Gasteiger partial charge in [-0.3, -0.25) is 0 Å². The molecule has 0 saturated heterocycles. The Labute approximate surface area is 137 Å². The van der Waals surface area contributed by atoms with E-state index in [-0.39, 0.29) is 5.57 Å². The van der Waals surface area contributed by atoms with Crippen LogP contribution in [-0.4, -0.2) is 6.61 Å². The number of hydrogen-bond donors (Lipinski definition) is 0. The lowest BCUT2D eigenvalue weighted by Gasteiger charge is -2.03. The highest BCUT2D eigenvalue weighted by atomic mass is 16.5. The lowest BCUT2D eigenvalue weighted by Crippen LogP contribution is -1.89. The van der Waals surface area contributed by atoms with E-state index in [0.717, 1.165) is 6.42 Å². The van der Waals surface area contributed by atoms with Crippen molar-refractivity contribution in [2.75, 3.05) is 6.61 Å². The maximum absolute atomic E-state index is 8.52. The highest BCUT2D eigenvalue weighted by Crippen LogP contribution is 2.12. The van der Waals surface area contributed by atoms with Gasteiger partial charge in [0.1, 0.15) is 18.4 Å². The van der Waals surface area contributed by atoms with Crippen molar-refractivity contribution >= 4 is 0 Å². The van der Waals surface area contributed by atoms with E-state index in [1.54, 1.807) is 12.1 Å². The molecule has 0 amide bonds. The SMILES string of the molecule is CCCCCCCCCCCCCCCOC=C(C#N)C#N.